The number of rotatable bonds is 5. The lowest BCUT2D eigenvalue weighted by molar-refractivity contribution is 0.0600. The van der Waals surface area contributed by atoms with Crippen molar-refractivity contribution < 1.29 is 14.3 Å². The zero-order valence-electron chi connectivity index (χ0n) is 14.1. The number of methoxy groups -OCH3 is 1. The van der Waals surface area contributed by atoms with Crippen LogP contribution in [-0.4, -0.2) is 19.7 Å². The number of hydrogen-bond donors (Lipinski definition) is 0. The molecule has 1 aliphatic carbocycles. The molecule has 3 nitrogen and oxygen atoms in total. The first kappa shape index (κ1) is 16.3. The van der Waals surface area contributed by atoms with Gasteiger partial charge in [-0.25, -0.2) is 4.79 Å². The molecular weight excluding hydrogens is 300 g/mol. The van der Waals surface area contributed by atoms with E-state index in [1.165, 1.54) is 18.2 Å². The van der Waals surface area contributed by atoms with Crippen molar-refractivity contribution in [2.45, 2.75) is 25.2 Å². The second-order valence-electron chi connectivity index (χ2n) is 6.33. The van der Waals surface area contributed by atoms with Crippen LogP contribution < -0.4 is 4.74 Å². The van der Waals surface area contributed by atoms with Crippen LogP contribution in [0.15, 0.2) is 60.7 Å². The fourth-order valence-electron chi connectivity index (χ4n) is 3.07. The van der Waals surface area contributed by atoms with E-state index >= 15 is 0 Å². The predicted octanol–water partition coefficient (Wildman–Crippen LogP) is 4.45. The van der Waals surface area contributed by atoms with E-state index < -0.39 is 0 Å². The lowest BCUT2D eigenvalue weighted by Crippen LogP contribution is -2.30. The summed E-state index contributed by atoms with van der Waals surface area (Å²) >= 11 is 0. The molecule has 2 aromatic carbocycles. The Bertz CT molecular complexity index is 719. The van der Waals surface area contributed by atoms with Crippen molar-refractivity contribution in [1.82, 2.24) is 0 Å². The molecule has 0 N–H and O–H groups in total. The third kappa shape index (κ3) is 3.35. The Balaban J connectivity index is 1.78. The smallest absolute Gasteiger partial charge is 0.337 e. The Morgan fingerprint density at radius 2 is 1.62 bits per heavy atom. The molecule has 0 saturated carbocycles. The highest BCUT2D eigenvalue weighted by molar-refractivity contribution is 5.89. The summed E-state index contributed by atoms with van der Waals surface area (Å²) in [6, 6.07) is 15.8. The lowest BCUT2D eigenvalue weighted by Gasteiger charge is -2.30. The zero-order valence-corrected chi connectivity index (χ0v) is 14.1. The van der Waals surface area contributed by atoms with Crippen LogP contribution >= 0.6 is 0 Å². The van der Waals surface area contributed by atoms with E-state index in [-0.39, 0.29) is 11.4 Å². The number of carbonyl (C=O) groups is 1. The van der Waals surface area contributed by atoms with Gasteiger partial charge in [-0.15, -0.1) is 0 Å². The number of carbonyl (C=O) groups excluding carboxylic acids is 1. The van der Waals surface area contributed by atoms with Gasteiger partial charge in [0.2, 0.25) is 0 Å². The quantitative estimate of drug-likeness (QED) is 0.603. The Hall–Kier alpha value is -2.55. The van der Waals surface area contributed by atoms with E-state index in [0.29, 0.717) is 12.2 Å². The molecule has 3 rings (SSSR count). The normalized spacial score (nSPS) is 15.2. The van der Waals surface area contributed by atoms with Crippen molar-refractivity contribution >= 4 is 5.97 Å². The molecule has 0 spiro atoms. The molecule has 0 saturated heterocycles. The molecular formula is C21H22O3. The van der Waals surface area contributed by atoms with Crippen molar-refractivity contribution in [3.63, 3.8) is 0 Å². The summed E-state index contributed by atoms with van der Waals surface area (Å²) in [5.41, 5.74) is 2.91. The van der Waals surface area contributed by atoms with Crippen molar-refractivity contribution in [2.24, 2.45) is 0 Å². The molecule has 124 valence electrons. The minimum atomic E-state index is -0.309. The molecule has 0 unspecified atom stereocenters. The van der Waals surface area contributed by atoms with Gasteiger partial charge in [0.15, 0.2) is 0 Å². The molecule has 0 amide bonds. The molecule has 0 aliphatic heterocycles. The largest absolute Gasteiger partial charge is 0.493 e. The SMILES string of the molecule is COC(=O)c1ccc(C2(COc3ccc(C)cc3)CC=CC2)cc1. The van der Waals surface area contributed by atoms with E-state index in [9.17, 15) is 4.79 Å². The number of benzene rings is 2. The van der Waals surface area contributed by atoms with Crippen molar-refractivity contribution in [2.75, 3.05) is 13.7 Å². The van der Waals surface area contributed by atoms with Crippen LogP contribution in [0.3, 0.4) is 0 Å². The molecule has 24 heavy (non-hydrogen) atoms. The van der Waals surface area contributed by atoms with E-state index in [1.54, 1.807) is 0 Å². The molecule has 2 aromatic rings. The van der Waals surface area contributed by atoms with Crippen LogP contribution in [0.25, 0.3) is 0 Å². The zero-order chi connectivity index (χ0) is 17.0. The standard InChI is InChI=1S/C21H22O3/c1-16-5-11-19(12-6-16)24-15-21(13-3-4-14-21)18-9-7-17(8-10-18)20(22)23-2/h3-12H,13-15H2,1-2H3. The first-order valence-electron chi connectivity index (χ1n) is 8.16. The molecule has 1 aliphatic rings. The van der Waals surface area contributed by atoms with Crippen molar-refractivity contribution in [3.8, 4) is 5.75 Å². The molecule has 0 fully saturated rings. The van der Waals surface area contributed by atoms with Gasteiger partial charge in [0, 0.05) is 5.41 Å². The molecule has 0 heterocycles. The maximum atomic E-state index is 11.6. The topological polar surface area (TPSA) is 35.5 Å². The van der Waals surface area contributed by atoms with E-state index in [2.05, 4.69) is 31.2 Å². The second-order valence-corrected chi connectivity index (χ2v) is 6.33. The van der Waals surface area contributed by atoms with E-state index in [1.807, 2.05) is 36.4 Å². The number of allylic oxidation sites excluding steroid dienone is 2. The Kier molecular flexibility index (Phi) is 4.70. The molecule has 0 atom stereocenters. The van der Waals surface area contributed by atoms with Crippen LogP contribution in [0.5, 0.6) is 5.75 Å². The third-order valence-electron chi connectivity index (χ3n) is 4.64. The van der Waals surface area contributed by atoms with Crippen LogP contribution in [0.1, 0.15) is 34.3 Å². The highest BCUT2D eigenvalue weighted by Crippen LogP contribution is 2.38. The van der Waals surface area contributed by atoms with E-state index in [0.717, 1.165) is 18.6 Å². The first-order valence-corrected chi connectivity index (χ1v) is 8.16. The summed E-state index contributed by atoms with van der Waals surface area (Å²) in [6.07, 6.45) is 6.28. The van der Waals surface area contributed by atoms with Gasteiger partial charge in [-0.1, -0.05) is 42.0 Å². The second kappa shape index (κ2) is 6.91. The van der Waals surface area contributed by atoms with Gasteiger partial charge in [0.05, 0.1) is 19.3 Å². The Morgan fingerprint density at radius 3 is 2.21 bits per heavy atom. The van der Waals surface area contributed by atoms with Crippen molar-refractivity contribution in [3.05, 3.63) is 77.4 Å². The number of esters is 1. The van der Waals surface area contributed by atoms with Crippen LogP contribution in [0.2, 0.25) is 0 Å². The van der Waals surface area contributed by atoms with Crippen LogP contribution in [0, 0.1) is 6.92 Å². The fourth-order valence-corrected chi connectivity index (χ4v) is 3.07. The van der Waals surface area contributed by atoms with Gasteiger partial charge in [-0.05, 0) is 49.6 Å². The minimum absolute atomic E-state index is 0.0699. The summed E-state index contributed by atoms with van der Waals surface area (Å²) in [6.45, 7) is 2.68. The van der Waals surface area contributed by atoms with Gasteiger partial charge in [0.1, 0.15) is 5.75 Å². The third-order valence-corrected chi connectivity index (χ3v) is 4.64. The molecule has 0 bridgehead atoms. The average molecular weight is 322 g/mol. The summed E-state index contributed by atoms with van der Waals surface area (Å²) in [7, 11) is 1.40. The maximum absolute atomic E-state index is 11.6. The molecule has 0 radical (unpaired) electrons. The molecule has 0 aromatic heterocycles. The lowest BCUT2D eigenvalue weighted by atomic mass is 9.79. The summed E-state index contributed by atoms with van der Waals surface area (Å²) in [4.78, 5) is 11.6. The van der Waals surface area contributed by atoms with Crippen molar-refractivity contribution in [1.29, 1.82) is 0 Å². The monoisotopic (exact) mass is 322 g/mol. The van der Waals surface area contributed by atoms with Gasteiger partial charge in [0.25, 0.3) is 0 Å². The minimum Gasteiger partial charge on any atom is -0.493 e. The maximum Gasteiger partial charge on any atom is 0.337 e. The number of aryl methyl sites for hydroxylation is 1. The van der Waals surface area contributed by atoms with Gasteiger partial charge < -0.3 is 9.47 Å². The fraction of sp³-hybridized carbons (Fsp3) is 0.286. The van der Waals surface area contributed by atoms with Gasteiger partial charge in [-0.3, -0.25) is 0 Å². The number of hydrogen-bond acceptors (Lipinski definition) is 3. The highest BCUT2D eigenvalue weighted by atomic mass is 16.5. The Labute approximate surface area is 142 Å². The van der Waals surface area contributed by atoms with Crippen LogP contribution in [0.4, 0.5) is 0 Å². The van der Waals surface area contributed by atoms with E-state index in [4.69, 9.17) is 9.47 Å². The Morgan fingerprint density at radius 1 is 1.00 bits per heavy atom. The highest BCUT2D eigenvalue weighted by Gasteiger charge is 2.34. The first-order chi connectivity index (χ1) is 11.6. The number of ether oxygens (including phenoxy) is 2. The summed E-state index contributed by atoms with van der Waals surface area (Å²) < 4.78 is 10.8. The van der Waals surface area contributed by atoms with Gasteiger partial charge >= 0.3 is 5.97 Å². The average Bonchev–Trinajstić information content (AvgIpc) is 3.11. The van der Waals surface area contributed by atoms with Gasteiger partial charge in [-0.2, -0.15) is 0 Å². The molecule has 3 heteroatoms. The summed E-state index contributed by atoms with van der Waals surface area (Å²) in [5.74, 6) is 0.578. The van der Waals surface area contributed by atoms with Crippen LogP contribution in [-0.2, 0) is 10.2 Å². The predicted molar refractivity (Wildman–Crippen MR) is 94.5 cm³/mol. The summed E-state index contributed by atoms with van der Waals surface area (Å²) in [5, 5.41) is 0.